The average molecular weight is 192 g/mol. The number of fused-ring (bicyclic) bond motifs is 1. The SMILES string of the molecule is CC(=O)C1=CN(C)c2ncnn2C1C. The Labute approximate surface area is 82.0 Å². The predicted octanol–water partition coefficient (Wildman–Crippen LogP) is 0.762. The fourth-order valence-electron chi connectivity index (χ4n) is 1.66. The second-order valence-corrected chi connectivity index (χ2v) is 3.43. The van der Waals surface area contributed by atoms with E-state index in [1.165, 1.54) is 6.33 Å². The van der Waals surface area contributed by atoms with Crippen molar-refractivity contribution in [1.82, 2.24) is 14.8 Å². The molecule has 0 fully saturated rings. The van der Waals surface area contributed by atoms with Gasteiger partial charge in [-0.05, 0) is 13.8 Å². The Hall–Kier alpha value is -1.65. The second-order valence-electron chi connectivity index (χ2n) is 3.43. The second kappa shape index (κ2) is 2.94. The maximum atomic E-state index is 11.3. The first-order chi connectivity index (χ1) is 6.61. The van der Waals surface area contributed by atoms with Crippen LogP contribution in [-0.2, 0) is 4.79 Å². The van der Waals surface area contributed by atoms with Gasteiger partial charge < -0.3 is 4.90 Å². The van der Waals surface area contributed by atoms with Crippen molar-refractivity contribution in [3.05, 3.63) is 18.1 Å². The van der Waals surface area contributed by atoms with Crippen molar-refractivity contribution in [1.29, 1.82) is 0 Å². The summed E-state index contributed by atoms with van der Waals surface area (Å²) in [6.45, 7) is 3.51. The lowest BCUT2D eigenvalue weighted by Crippen LogP contribution is -2.27. The van der Waals surface area contributed by atoms with E-state index >= 15 is 0 Å². The first-order valence-corrected chi connectivity index (χ1v) is 4.46. The van der Waals surface area contributed by atoms with E-state index in [4.69, 9.17) is 0 Å². The molecule has 0 spiro atoms. The molecule has 0 aromatic carbocycles. The third-order valence-electron chi connectivity index (χ3n) is 2.43. The van der Waals surface area contributed by atoms with Crippen LogP contribution in [0.1, 0.15) is 19.9 Å². The van der Waals surface area contributed by atoms with E-state index < -0.39 is 0 Å². The molecule has 1 aromatic heterocycles. The molecule has 1 aromatic rings. The van der Waals surface area contributed by atoms with E-state index in [0.29, 0.717) is 0 Å². The fourth-order valence-corrected chi connectivity index (χ4v) is 1.66. The molecule has 0 N–H and O–H groups in total. The Bertz CT molecular complexity index is 407. The summed E-state index contributed by atoms with van der Waals surface area (Å²) in [5, 5.41) is 4.09. The molecular formula is C9H12N4O. The summed E-state index contributed by atoms with van der Waals surface area (Å²) in [5.41, 5.74) is 0.755. The Morgan fingerprint density at radius 1 is 1.57 bits per heavy atom. The van der Waals surface area contributed by atoms with Crippen molar-refractivity contribution < 1.29 is 4.79 Å². The van der Waals surface area contributed by atoms with E-state index in [2.05, 4.69) is 10.1 Å². The summed E-state index contributed by atoms with van der Waals surface area (Å²) in [7, 11) is 1.86. The summed E-state index contributed by atoms with van der Waals surface area (Å²) in [6, 6.07) is -0.0267. The molecule has 0 amide bonds. The van der Waals surface area contributed by atoms with Gasteiger partial charge >= 0.3 is 0 Å². The monoisotopic (exact) mass is 192 g/mol. The topological polar surface area (TPSA) is 51.0 Å². The number of Topliss-reactive ketones (excluding diaryl/α,β-unsaturated/α-hetero) is 1. The van der Waals surface area contributed by atoms with Crippen LogP contribution in [0.2, 0.25) is 0 Å². The van der Waals surface area contributed by atoms with Crippen molar-refractivity contribution >= 4 is 11.7 Å². The molecule has 0 saturated carbocycles. The van der Waals surface area contributed by atoms with Gasteiger partial charge in [0.2, 0.25) is 5.95 Å². The van der Waals surface area contributed by atoms with Crippen molar-refractivity contribution in [3.63, 3.8) is 0 Å². The molecule has 2 heterocycles. The number of carbonyl (C=O) groups is 1. The van der Waals surface area contributed by atoms with E-state index in [1.807, 2.05) is 25.1 Å². The van der Waals surface area contributed by atoms with Gasteiger partial charge in [0.15, 0.2) is 5.78 Å². The first kappa shape index (κ1) is 8.93. The van der Waals surface area contributed by atoms with Crippen LogP contribution in [0.5, 0.6) is 0 Å². The van der Waals surface area contributed by atoms with Crippen molar-refractivity contribution in [2.75, 3.05) is 11.9 Å². The van der Waals surface area contributed by atoms with Crippen LogP contribution in [-0.4, -0.2) is 27.6 Å². The highest BCUT2D eigenvalue weighted by Crippen LogP contribution is 2.27. The van der Waals surface area contributed by atoms with Gasteiger partial charge in [-0.15, -0.1) is 0 Å². The van der Waals surface area contributed by atoms with Crippen molar-refractivity contribution in [3.8, 4) is 0 Å². The first-order valence-electron chi connectivity index (χ1n) is 4.46. The van der Waals surface area contributed by atoms with Gasteiger partial charge in [0.25, 0.3) is 0 Å². The van der Waals surface area contributed by atoms with Crippen LogP contribution in [0, 0.1) is 0 Å². The third kappa shape index (κ3) is 1.13. The minimum Gasteiger partial charge on any atom is -0.320 e. The summed E-state index contributed by atoms with van der Waals surface area (Å²) in [5.74, 6) is 0.841. The molecule has 0 saturated heterocycles. The summed E-state index contributed by atoms with van der Waals surface area (Å²) in [4.78, 5) is 17.2. The predicted molar refractivity (Wildman–Crippen MR) is 51.9 cm³/mol. The number of anilines is 1. The van der Waals surface area contributed by atoms with Gasteiger partial charge in [-0.2, -0.15) is 10.1 Å². The number of rotatable bonds is 1. The van der Waals surface area contributed by atoms with Gasteiger partial charge in [0.05, 0.1) is 6.04 Å². The van der Waals surface area contributed by atoms with Crippen molar-refractivity contribution in [2.45, 2.75) is 19.9 Å². The largest absolute Gasteiger partial charge is 0.320 e. The third-order valence-corrected chi connectivity index (χ3v) is 2.43. The molecule has 14 heavy (non-hydrogen) atoms. The molecule has 0 bridgehead atoms. The van der Waals surface area contributed by atoms with E-state index in [9.17, 15) is 4.79 Å². The summed E-state index contributed by atoms with van der Waals surface area (Å²) < 4.78 is 1.75. The van der Waals surface area contributed by atoms with Crippen LogP contribution >= 0.6 is 0 Å². The van der Waals surface area contributed by atoms with Gasteiger partial charge in [0, 0.05) is 18.8 Å². The summed E-state index contributed by atoms with van der Waals surface area (Å²) >= 11 is 0. The van der Waals surface area contributed by atoms with E-state index in [1.54, 1.807) is 11.6 Å². The number of hydrogen-bond donors (Lipinski definition) is 0. The van der Waals surface area contributed by atoms with Crippen LogP contribution in [0.3, 0.4) is 0 Å². The molecule has 74 valence electrons. The van der Waals surface area contributed by atoms with E-state index in [0.717, 1.165) is 11.5 Å². The molecule has 1 aliphatic heterocycles. The molecule has 5 heteroatoms. The standard InChI is InChI=1S/C9H12N4O/c1-6-8(7(2)14)4-12(3)9-10-5-11-13(6)9/h4-6H,1-3H3. The lowest BCUT2D eigenvalue weighted by atomic mass is 10.1. The zero-order valence-corrected chi connectivity index (χ0v) is 8.43. The molecule has 2 rings (SSSR count). The number of hydrogen-bond acceptors (Lipinski definition) is 4. The van der Waals surface area contributed by atoms with Gasteiger partial charge in [-0.3, -0.25) is 4.79 Å². The van der Waals surface area contributed by atoms with E-state index in [-0.39, 0.29) is 11.8 Å². The zero-order chi connectivity index (χ0) is 10.3. The lowest BCUT2D eigenvalue weighted by Gasteiger charge is -2.26. The number of carbonyl (C=O) groups excluding carboxylic acids is 1. The maximum Gasteiger partial charge on any atom is 0.228 e. The van der Waals surface area contributed by atoms with Gasteiger partial charge in [-0.1, -0.05) is 0 Å². The number of ketones is 1. The van der Waals surface area contributed by atoms with Crippen molar-refractivity contribution in [2.24, 2.45) is 0 Å². The smallest absolute Gasteiger partial charge is 0.228 e. The Balaban J connectivity index is 2.49. The Morgan fingerprint density at radius 2 is 2.29 bits per heavy atom. The maximum absolute atomic E-state index is 11.3. The highest BCUT2D eigenvalue weighted by Gasteiger charge is 2.25. The highest BCUT2D eigenvalue weighted by atomic mass is 16.1. The van der Waals surface area contributed by atoms with Gasteiger partial charge in [0.1, 0.15) is 6.33 Å². The number of aromatic nitrogens is 3. The van der Waals surface area contributed by atoms with Crippen LogP contribution in [0.4, 0.5) is 5.95 Å². The molecule has 0 aliphatic carbocycles. The molecule has 5 nitrogen and oxygen atoms in total. The zero-order valence-electron chi connectivity index (χ0n) is 8.43. The normalized spacial score (nSPS) is 20.4. The summed E-state index contributed by atoms with van der Waals surface area (Å²) in [6.07, 6.45) is 3.32. The van der Waals surface area contributed by atoms with Crippen LogP contribution < -0.4 is 4.90 Å². The molecule has 1 atom stereocenters. The fraction of sp³-hybridized carbons (Fsp3) is 0.444. The molecule has 1 unspecified atom stereocenters. The highest BCUT2D eigenvalue weighted by molar-refractivity contribution is 5.94. The lowest BCUT2D eigenvalue weighted by molar-refractivity contribution is -0.114. The Kier molecular flexibility index (Phi) is 1.87. The average Bonchev–Trinajstić information content (AvgIpc) is 2.59. The molecule has 1 aliphatic rings. The molecule has 0 radical (unpaired) electrons. The number of nitrogens with zero attached hydrogens (tertiary/aromatic N) is 4. The minimum atomic E-state index is -0.0267. The Morgan fingerprint density at radius 3 is 2.93 bits per heavy atom. The van der Waals surface area contributed by atoms with Gasteiger partial charge in [-0.25, -0.2) is 4.68 Å². The molecular weight excluding hydrogens is 180 g/mol. The van der Waals surface area contributed by atoms with Crippen LogP contribution in [0.25, 0.3) is 0 Å². The van der Waals surface area contributed by atoms with Crippen LogP contribution in [0.15, 0.2) is 18.1 Å². The minimum absolute atomic E-state index is 0.0267. The number of allylic oxidation sites excluding steroid dienone is 1. The quantitative estimate of drug-likeness (QED) is 0.659.